The van der Waals surface area contributed by atoms with Crippen molar-refractivity contribution in [1.82, 2.24) is 9.38 Å². The molecule has 0 aliphatic carbocycles. The Labute approximate surface area is 104 Å². The van der Waals surface area contributed by atoms with Gasteiger partial charge in [-0.1, -0.05) is 6.07 Å². The van der Waals surface area contributed by atoms with Gasteiger partial charge >= 0.3 is 0 Å². The average molecular weight is 292 g/mol. The van der Waals surface area contributed by atoms with E-state index >= 15 is 0 Å². The second-order valence-corrected chi connectivity index (χ2v) is 4.19. The second kappa shape index (κ2) is 3.81. The number of furan rings is 1. The van der Waals surface area contributed by atoms with E-state index in [1.807, 2.05) is 12.1 Å². The van der Waals surface area contributed by atoms with Gasteiger partial charge in [-0.25, -0.2) is 4.98 Å². The molecular formula is C11H6BrN3O2. The molecule has 0 spiro atoms. The predicted molar refractivity (Wildman–Crippen MR) is 66.0 cm³/mol. The fourth-order valence-electron chi connectivity index (χ4n) is 1.68. The molecule has 0 atom stereocenters. The van der Waals surface area contributed by atoms with Crippen LogP contribution in [0.5, 0.6) is 0 Å². The standard InChI is InChI=1S/C11H6BrN3O2/c12-8-5-4-7(17-8)10-11(14-16)15-6-2-1-3-9(15)13-10/h1-6H. The number of pyridine rings is 1. The van der Waals surface area contributed by atoms with E-state index in [4.69, 9.17) is 4.42 Å². The van der Waals surface area contributed by atoms with E-state index in [2.05, 4.69) is 26.1 Å². The zero-order valence-electron chi connectivity index (χ0n) is 8.50. The van der Waals surface area contributed by atoms with Crippen LogP contribution in [0.25, 0.3) is 17.1 Å². The van der Waals surface area contributed by atoms with Crippen LogP contribution in [0.1, 0.15) is 0 Å². The molecule has 0 fully saturated rings. The number of fused-ring (bicyclic) bond motifs is 1. The molecule has 0 N–H and O–H groups in total. The fourth-order valence-corrected chi connectivity index (χ4v) is 1.98. The van der Waals surface area contributed by atoms with Crippen LogP contribution in [0.15, 0.2) is 50.8 Å². The van der Waals surface area contributed by atoms with Gasteiger partial charge in [-0.2, -0.15) is 0 Å². The second-order valence-electron chi connectivity index (χ2n) is 3.41. The first kappa shape index (κ1) is 10.2. The number of nitroso groups, excluding NO2 is 1. The Balaban J connectivity index is 2.32. The quantitative estimate of drug-likeness (QED) is 0.676. The minimum absolute atomic E-state index is 0.238. The van der Waals surface area contributed by atoms with E-state index in [-0.39, 0.29) is 5.82 Å². The zero-order valence-corrected chi connectivity index (χ0v) is 10.1. The minimum Gasteiger partial charge on any atom is -0.448 e. The topological polar surface area (TPSA) is 59.9 Å². The van der Waals surface area contributed by atoms with Crippen LogP contribution in [0.4, 0.5) is 5.82 Å². The van der Waals surface area contributed by atoms with E-state index in [0.29, 0.717) is 21.8 Å². The van der Waals surface area contributed by atoms with Crippen molar-refractivity contribution in [3.63, 3.8) is 0 Å². The lowest BCUT2D eigenvalue weighted by molar-refractivity contribution is 0.554. The van der Waals surface area contributed by atoms with Gasteiger partial charge in [-0.05, 0) is 45.4 Å². The van der Waals surface area contributed by atoms with Gasteiger partial charge in [0.2, 0.25) is 5.82 Å². The summed E-state index contributed by atoms with van der Waals surface area (Å²) in [5, 5.41) is 3.02. The Kier molecular flexibility index (Phi) is 2.29. The van der Waals surface area contributed by atoms with Gasteiger partial charge in [-0.15, -0.1) is 4.91 Å². The number of hydrogen-bond acceptors (Lipinski definition) is 4. The molecule has 0 radical (unpaired) electrons. The highest BCUT2D eigenvalue weighted by molar-refractivity contribution is 9.10. The SMILES string of the molecule is O=Nc1c(-c2ccc(Br)o2)nc2ccccn12. The van der Waals surface area contributed by atoms with Crippen molar-refractivity contribution in [3.8, 4) is 11.5 Å². The monoisotopic (exact) mass is 291 g/mol. The summed E-state index contributed by atoms with van der Waals surface area (Å²) in [7, 11) is 0. The van der Waals surface area contributed by atoms with Crippen LogP contribution in [-0.2, 0) is 0 Å². The lowest BCUT2D eigenvalue weighted by Crippen LogP contribution is -1.80. The largest absolute Gasteiger partial charge is 0.448 e. The van der Waals surface area contributed by atoms with Gasteiger partial charge in [0.25, 0.3) is 0 Å². The third-order valence-electron chi connectivity index (χ3n) is 2.40. The van der Waals surface area contributed by atoms with Crippen LogP contribution in [0.2, 0.25) is 0 Å². The molecule has 0 aliphatic rings. The maximum atomic E-state index is 10.9. The molecule has 3 aromatic rings. The number of nitrogens with zero attached hydrogens (tertiary/aromatic N) is 3. The Morgan fingerprint density at radius 1 is 1.29 bits per heavy atom. The van der Waals surface area contributed by atoms with E-state index in [1.165, 1.54) is 0 Å². The summed E-state index contributed by atoms with van der Waals surface area (Å²) in [6.07, 6.45) is 1.74. The number of halogens is 1. The summed E-state index contributed by atoms with van der Waals surface area (Å²) < 4.78 is 7.59. The number of hydrogen-bond donors (Lipinski definition) is 0. The smallest absolute Gasteiger partial charge is 0.212 e. The Morgan fingerprint density at radius 2 is 2.18 bits per heavy atom. The van der Waals surface area contributed by atoms with Crippen molar-refractivity contribution >= 4 is 27.4 Å². The van der Waals surface area contributed by atoms with E-state index in [9.17, 15) is 4.91 Å². The van der Waals surface area contributed by atoms with Gasteiger partial charge in [-0.3, -0.25) is 4.40 Å². The van der Waals surface area contributed by atoms with Crippen LogP contribution in [0.3, 0.4) is 0 Å². The first-order chi connectivity index (χ1) is 8.29. The summed E-state index contributed by atoms with van der Waals surface area (Å²) >= 11 is 3.21. The Hall–Kier alpha value is -1.95. The lowest BCUT2D eigenvalue weighted by Gasteiger charge is -1.92. The molecule has 5 nitrogen and oxygen atoms in total. The molecule has 0 aliphatic heterocycles. The van der Waals surface area contributed by atoms with Crippen molar-refractivity contribution in [2.75, 3.05) is 0 Å². The van der Waals surface area contributed by atoms with E-state index < -0.39 is 0 Å². The molecule has 0 unspecified atom stereocenters. The van der Waals surface area contributed by atoms with Gasteiger partial charge < -0.3 is 4.42 Å². The molecule has 3 aromatic heterocycles. The average Bonchev–Trinajstić information content (AvgIpc) is 2.91. The molecule has 3 heterocycles. The van der Waals surface area contributed by atoms with Crippen LogP contribution in [0, 0.1) is 4.91 Å². The first-order valence-electron chi connectivity index (χ1n) is 4.86. The molecule has 84 valence electrons. The minimum atomic E-state index is 0.238. The van der Waals surface area contributed by atoms with Crippen molar-refractivity contribution in [1.29, 1.82) is 0 Å². The van der Waals surface area contributed by atoms with Crippen molar-refractivity contribution < 1.29 is 4.42 Å². The molecule has 0 saturated heterocycles. The molecule has 3 rings (SSSR count). The summed E-state index contributed by atoms with van der Waals surface area (Å²) in [6.45, 7) is 0. The maximum Gasteiger partial charge on any atom is 0.212 e. The summed E-state index contributed by atoms with van der Waals surface area (Å²) in [6, 6.07) is 8.94. The maximum absolute atomic E-state index is 10.9. The fraction of sp³-hybridized carbons (Fsp3) is 0. The third-order valence-corrected chi connectivity index (χ3v) is 2.82. The van der Waals surface area contributed by atoms with Crippen LogP contribution < -0.4 is 0 Å². The summed E-state index contributed by atoms with van der Waals surface area (Å²) in [4.78, 5) is 15.2. The molecule has 0 aromatic carbocycles. The van der Waals surface area contributed by atoms with Crippen molar-refractivity contribution in [2.24, 2.45) is 5.18 Å². The molecule has 0 saturated carbocycles. The lowest BCUT2D eigenvalue weighted by atomic mass is 10.3. The van der Waals surface area contributed by atoms with Crippen molar-refractivity contribution in [2.45, 2.75) is 0 Å². The van der Waals surface area contributed by atoms with Gasteiger partial charge in [0.15, 0.2) is 16.1 Å². The molecular weight excluding hydrogens is 286 g/mol. The third kappa shape index (κ3) is 1.57. The summed E-state index contributed by atoms with van der Waals surface area (Å²) in [5.41, 5.74) is 1.10. The van der Waals surface area contributed by atoms with Gasteiger partial charge in [0.05, 0.1) is 0 Å². The highest BCUT2D eigenvalue weighted by Crippen LogP contribution is 2.32. The molecule has 0 bridgehead atoms. The first-order valence-corrected chi connectivity index (χ1v) is 5.65. The Bertz CT molecular complexity index is 702. The number of rotatable bonds is 2. The van der Waals surface area contributed by atoms with Crippen LogP contribution in [-0.4, -0.2) is 9.38 Å². The molecule has 6 heteroatoms. The normalized spacial score (nSPS) is 10.9. The van der Waals surface area contributed by atoms with Crippen LogP contribution >= 0.6 is 15.9 Å². The molecule has 0 amide bonds. The van der Waals surface area contributed by atoms with Crippen molar-refractivity contribution in [3.05, 3.63) is 46.1 Å². The molecule has 17 heavy (non-hydrogen) atoms. The predicted octanol–water partition coefficient (Wildman–Crippen LogP) is 3.75. The summed E-state index contributed by atoms with van der Waals surface area (Å²) in [5.74, 6) is 0.748. The highest BCUT2D eigenvalue weighted by atomic mass is 79.9. The zero-order chi connectivity index (χ0) is 11.8. The number of aromatic nitrogens is 2. The van der Waals surface area contributed by atoms with E-state index in [0.717, 1.165) is 0 Å². The van der Waals surface area contributed by atoms with E-state index in [1.54, 1.807) is 28.8 Å². The number of imidazole rings is 1. The Morgan fingerprint density at radius 3 is 2.88 bits per heavy atom. The van der Waals surface area contributed by atoms with Gasteiger partial charge in [0, 0.05) is 6.20 Å². The highest BCUT2D eigenvalue weighted by Gasteiger charge is 2.17. The van der Waals surface area contributed by atoms with Gasteiger partial charge in [0.1, 0.15) is 5.65 Å².